The molecule has 3 aliphatic carbocycles. The molecule has 164 valence electrons. The molecule has 0 saturated heterocycles. The first-order chi connectivity index (χ1) is 14.1. The molecule has 29 heavy (non-hydrogen) atoms. The summed E-state index contributed by atoms with van der Waals surface area (Å²) in [6, 6.07) is 0. The summed E-state index contributed by atoms with van der Waals surface area (Å²) < 4.78 is 11.4. The first-order valence-electron chi connectivity index (χ1n) is 12.3. The number of hydrogen-bond donors (Lipinski definition) is 1. The summed E-state index contributed by atoms with van der Waals surface area (Å²) in [5.74, 6) is 4.59. The molecule has 0 radical (unpaired) electrons. The van der Waals surface area contributed by atoms with Gasteiger partial charge in [-0.3, -0.25) is 4.79 Å². The summed E-state index contributed by atoms with van der Waals surface area (Å²) >= 11 is 0. The van der Waals surface area contributed by atoms with Gasteiger partial charge in [0, 0.05) is 19.6 Å². The van der Waals surface area contributed by atoms with Gasteiger partial charge in [0.15, 0.2) is 5.76 Å². The fraction of sp³-hybridized carbons (Fsp3) is 0.880. The molecule has 4 aliphatic rings. The summed E-state index contributed by atoms with van der Waals surface area (Å²) in [6.07, 6.45) is 18.0. The minimum atomic E-state index is -0.0154. The lowest BCUT2D eigenvalue weighted by atomic mass is 9.69. The number of rotatable bonds is 6. The van der Waals surface area contributed by atoms with Gasteiger partial charge >= 0.3 is 0 Å². The smallest absolute Gasteiger partial charge is 0.286 e. The molecule has 1 heterocycles. The first-order valence-corrected chi connectivity index (χ1v) is 12.3. The number of fused-ring (bicyclic) bond motifs is 1. The summed E-state index contributed by atoms with van der Waals surface area (Å²) in [7, 11) is 1.78. The molecule has 3 saturated carbocycles. The highest BCUT2D eigenvalue weighted by molar-refractivity contribution is 5.91. The number of nitrogens with one attached hydrogen (secondary N) is 1. The number of hydrogen-bond acceptors (Lipinski definition) is 3. The van der Waals surface area contributed by atoms with Crippen LogP contribution in [0.15, 0.2) is 11.8 Å². The van der Waals surface area contributed by atoms with E-state index in [1.54, 1.807) is 7.11 Å². The van der Waals surface area contributed by atoms with Crippen LogP contribution in [0.5, 0.6) is 0 Å². The van der Waals surface area contributed by atoms with Gasteiger partial charge in [-0.2, -0.15) is 0 Å². The topological polar surface area (TPSA) is 47.6 Å². The molecular formula is C25H41NO3. The molecular weight excluding hydrogens is 362 g/mol. The van der Waals surface area contributed by atoms with E-state index in [1.165, 1.54) is 51.4 Å². The van der Waals surface area contributed by atoms with Gasteiger partial charge in [0.1, 0.15) is 6.10 Å². The van der Waals surface area contributed by atoms with Gasteiger partial charge in [0.25, 0.3) is 5.91 Å². The van der Waals surface area contributed by atoms with Crippen LogP contribution in [0, 0.1) is 29.6 Å². The van der Waals surface area contributed by atoms with Gasteiger partial charge in [-0.25, -0.2) is 0 Å². The minimum Gasteiger partial charge on any atom is -0.484 e. The van der Waals surface area contributed by atoms with Crippen molar-refractivity contribution in [2.75, 3.05) is 13.7 Å². The Morgan fingerprint density at radius 1 is 1.03 bits per heavy atom. The molecule has 0 aromatic carbocycles. The predicted molar refractivity (Wildman–Crippen MR) is 115 cm³/mol. The molecule has 0 aromatic rings. The summed E-state index contributed by atoms with van der Waals surface area (Å²) in [4.78, 5) is 12.5. The van der Waals surface area contributed by atoms with Gasteiger partial charge < -0.3 is 14.8 Å². The van der Waals surface area contributed by atoms with Crippen LogP contribution in [0.25, 0.3) is 0 Å². The van der Waals surface area contributed by atoms with Crippen molar-refractivity contribution in [2.24, 2.45) is 29.6 Å². The number of ether oxygens (including phenoxy) is 2. The van der Waals surface area contributed by atoms with Crippen molar-refractivity contribution < 1.29 is 14.3 Å². The fourth-order valence-corrected chi connectivity index (χ4v) is 6.38. The van der Waals surface area contributed by atoms with E-state index >= 15 is 0 Å². The molecule has 4 heteroatoms. The van der Waals surface area contributed by atoms with Gasteiger partial charge in [-0.1, -0.05) is 32.6 Å². The van der Waals surface area contributed by atoms with Gasteiger partial charge in [0.05, 0.1) is 6.10 Å². The molecule has 1 aliphatic heterocycles. The Hall–Kier alpha value is -1.03. The van der Waals surface area contributed by atoms with Crippen molar-refractivity contribution in [3.63, 3.8) is 0 Å². The maximum Gasteiger partial charge on any atom is 0.286 e. The zero-order valence-electron chi connectivity index (χ0n) is 18.5. The average Bonchev–Trinajstić information content (AvgIpc) is 3.18. The number of amides is 1. The lowest BCUT2D eigenvalue weighted by molar-refractivity contribution is -0.121. The van der Waals surface area contributed by atoms with E-state index in [9.17, 15) is 4.79 Å². The third-order valence-electron chi connectivity index (χ3n) is 8.44. The molecule has 0 spiro atoms. The standard InChI is InChI=1S/C25H41NO3/c1-17-3-7-19(8-4-17)20-9-5-18(6-10-20)13-14-26-25(27)24-16-21-15-22(28-2)11-12-23(21)29-24/h16-23H,3-15H2,1-2H3,(H,26,27). The summed E-state index contributed by atoms with van der Waals surface area (Å²) in [5.41, 5.74) is 0. The molecule has 1 amide bonds. The quantitative estimate of drug-likeness (QED) is 0.661. The Kier molecular flexibility index (Phi) is 7.21. The maximum absolute atomic E-state index is 12.5. The highest BCUT2D eigenvalue weighted by Crippen LogP contribution is 2.42. The first kappa shape index (κ1) is 21.2. The highest BCUT2D eigenvalue weighted by Gasteiger charge is 2.37. The second kappa shape index (κ2) is 9.85. The maximum atomic E-state index is 12.5. The largest absolute Gasteiger partial charge is 0.484 e. The Balaban J connectivity index is 1.14. The van der Waals surface area contributed by atoms with Crippen LogP contribution in [0.3, 0.4) is 0 Å². The summed E-state index contributed by atoms with van der Waals surface area (Å²) in [5, 5.41) is 3.12. The van der Waals surface area contributed by atoms with Gasteiger partial charge in [-0.05, 0) is 81.1 Å². The third kappa shape index (κ3) is 5.37. The zero-order chi connectivity index (χ0) is 20.2. The van der Waals surface area contributed by atoms with E-state index in [0.29, 0.717) is 17.8 Å². The molecule has 3 atom stereocenters. The molecule has 3 unspecified atom stereocenters. The number of methoxy groups -OCH3 is 1. The van der Waals surface area contributed by atoms with E-state index in [0.717, 1.165) is 55.9 Å². The lowest BCUT2D eigenvalue weighted by Crippen LogP contribution is -2.31. The summed E-state index contributed by atoms with van der Waals surface area (Å²) in [6.45, 7) is 3.20. The van der Waals surface area contributed by atoms with E-state index in [4.69, 9.17) is 9.47 Å². The second-order valence-electron chi connectivity index (χ2n) is 10.4. The van der Waals surface area contributed by atoms with Crippen molar-refractivity contribution in [1.82, 2.24) is 5.32 Å². The molecule has 3 fully saturated rings. The Bertz CT molecular complexity index is 573. The number of carbonyl (C=O) groups is 1. The molecule has 0 aromatic heterocycles. The zero-order valence-corrected chi connectivity index (χ0v) is 18.5. The number of carbonyl (C=O) groups excluding carboxylic acids is 1. The van der Waals surface area contributed by atoms with Crippen LogP contribution in [0.2, 0.25) is 0 Å². The van der Waals surface area contributed by atoms with Crippen LogP contribution >= 0.6 is 0 Å². The average molecular weight is 404 g/mol. The predicted octanol–water partition coefficient (Wildman–Crippen LogP) is 5.22. The Morgan fingerprint density at radius 2 is 1.72 bits per heavy atom. The second-order valence-corrected chi connectivity index (χ2v) is 10.4. The molecule has 0 bridgehead atoms. The van der Waals surface area contributed by atoms with Crippen LogP contribution in [0.1, 0.15) is 84.0 Å². The van der Waals surface area contributed by atoms with Crippen molar-refractivity contribution in [1.29, 1.82) is 0 Å². The van der Waals surface area contributed by atoms with E-state index in [2.05, 4.69) is 12.2 Å². The van der Waals surface area contributed by atoms with Gasteiger partial charge in [0.2, 0.25) is 0 Å². The minimum absolute atomic E-state index is 0.0154. The Morgan fingerprint density at radius 3 is 2.41 bits per heavy atom. The molecule has 4 nitrogen and oxygen atoms in total. The van der Waals surface area contributed by atoms with Crippen molar-refractivity contribution in [3.05, 3.63) is 11.8 Å². The molecule has 1 N–H and O–H groups in total. The Labute approximate surface area is 177 Å². The third-order valence-corrected chi connectivity index (χ3v) is 8.44. The van der Waals surface area contributed by atoms with E-state index in [-0.39, 0.29) is 12.0 Å². The highest BCUT2D eigenvalue weighted by atomic mass is 16.5. The van der Waals surface area contributed by atoms with Crippen LogP contribution < -0.4 is 5.32 Å². The van der Waals surface area contributed by atoms with Crippen molar-refractivity contribution in [2.45, 2.75) is 96.2 Å². The van der Waals surface area contributed by atoms with Gasteiger partial charge in [-0.15, -0.1) is 0 Å². The van der Waals surface area contributed by atoms with Crippen molar-refractivity contribution in [3.8, 4) is 0 Å². The lowest BCUT2D eigenvalue weighted by Gasteiger charge is -2.37. The van der Waals surface area contributed by atoms with E-state index < -0.39 is 0 Å². The SMILES string of the molecule is COC1CCC2OC(C(=O)NCCC3CCC(C4CCC(C)CC4)CC3)=CC2C1. The van der Waals surface area contributed by atoms with Crippen LogP contribution in [-0.2, 0) is 14.3 Å². The van der Waals surface area contributed by atoms with E-state index in [1.807, 2.05) is 6.08 Å². The van der Waals surface area contributed by atoms with Crippen LogP contribution in [0.4, 0.5) is 0 Å². The normalized spacial score (nSPS) is 39.9. The monoisotopic (exact) mass is 403 g/mol. The van der Waals surface area contributed by atoms with Crippen LogP contribution in [-0.4, -0.2) is 31.8 Å². The van der Waals surface area contributed by atoms with Crippen molar-refractivity contribution >= 4 is 5.91 Å². The molecule has 4 rings (SSSR count). The fourth-order valence-electron chi connectivity index (χ4n) is 6.38.